The van der Waals surface area contributed by atoms with Crippen molar-refractivity contribution in [2.45, 2.75) is 41.6 Å². The molecule has 136 valence electrons. The second-order valence-electron chi connectivity index (χ2n) is 6.98. The number of likely N-dealkylation sites (tertiary alicyclic amines) is 2. The van der Waals surface area contributed by atoms with E-state index in [-0.39, 0.29) is 5.91 Å². The molecule has 1 aromatic heterocycles. The van der Waals surface area contributed by atoms with Gasteiger partial charge in [0.2, 0.25) is 0 Å². The van der Waals surface area contributed by atoms with Gasteiger partial charge in [0.15, 0.2) is 0 Å². The van der Waals surface area contributed by atoms with Crippen molar-refractivity contribution >= 4 is 17.7 Å². The Morgan fingerprint density at radius 3 is 2.62 bits per heavy atom. The Balaban J connectivity index is 1.40. The molecule has 0 aliphatic carbocycles. The summed E-state index contributed by atoms with van der Waals surface area (Å²) in [6.45, 7) is 4.29. The summed E-state index contributed by atoms with van der Waals surface area (Å²) in [5.41, 5.74) is 0.783. The predicted octanol–water partition coefficient (Wildman–Crippen LogP) is 3.33. The van der Waals surface area contributed by atoms with Gasteiger partial charge in [0.25, 0.3) is 5.91 Å². The van der Waals surface area contributed by atoms with Crippen LogP contribution >= 0.6 is 11.8 Å². The van der Waals surface area contributed by atoms with Crippen molar-refractivity contribution in [3.63, 3.8) is 0 Å². The molecule has 2 aromatic rings. The third-order valence-corrected chi connectivity index (χ3v) is 6.14. The summed E-state index contributed by atoms with van der Waals surface area (Å²) >= 11 is 1.58. The number of rotatable bonds is 5. The Morgan fingerprint density at radius 1 is 1.08 bits per heavy atom. The van der Waals surface area contributed by atoms with Gasteiger partial charge in [0, 0.05) is 35.8 Å². The fraction of sp³-hybridized carbons (Fsp3) is 0.450. The van der Waals surface area contributed by atoms with E-state index in [1.807, 2.05) is 30.3 Å². The van der Waals surface area contributed by atoms with E-state index >= 15 is 0 Å². The molecule has 6 heteroatoms. The third kappa shape index (κ3) is 4.07. The van der Waals surface area contributed by atoms with Gasteiger partial charge in [-0.15, -0.1) is 0 Å². The topological polar surface area (TPSA) is 49.3 Å². The Bertz CT molecular complexity index is 731. The van der Waals surface area contributed by atoms with Crippen LogP contribution in [0.5, 0.6) is 0 Å². The van der Waals surface area contributed by atoms with Crippen LogP contribution in [-0.2, 0) is 0 Å². The summed E-state index contributed by atoms with van der Waals surface area (Å²) in [7, 11) is 0. The Labute approximate surface area is 158 Å². The molecule has 0 unspecified atom stereocenters. The van der Waals surface area contributed by atoms with Crippen molar-refractivity contribution in [3.8, 4) is 0 Å². The fourth-order valence-corrected chi connectivity index (χ4v) is 4.59. The molecular formula is C20H24N4OS. The van der Waals surface area contributed by atoms with Crippen LogP contribution < -0.4 is 0 Å². The lowest BCUT2D eigenvalue weighted by Crippen LogP contribution is -2.42. The first kappa shape index (κ1) is 17.5. The molecular weight excluding hydrogens is 344 g/mol. The van der Waals surface area contributed by atoms with Gasteiger partial charge in [0.05, 0.1) is 0 Å². The number of hydrogen-bond donors (Lipinski definition) is 0. The minimum absolute atomic E-state index is 0.172. The highest BCUT2D eigenvalue weighted by molar-refractivity contribution is 7.99. The van der Waals surface area contributed by atoms with Crippen LogP contribution in [-0.4, -0.2) is 57.9 Å². The second-order valence-corrected chi connectivity index (χ2v) is 8.07. The average Bonchev–Trinajstić information content (AvgIpc) is 3.35. The van der Waals surface area contributed by atoms with E-state index < -0.39 is 0 Å². The summed E-state index contributed by atoms with van der Waals surface area (Å²) in [4.78, 5) is 26.8. The number of carbonyl (C=O) groups excluding carboxylic acids is 1. The van der Waals surface area contributed by atoms with Crippen LogP contribution in [0.3, 0.4) is 0 Å². The van der Waals surface area contributed by atoms with Crippen molar-refractivity contribution in [1.82, 2.24) is 19.8 Å². The summed E-state index contributed by atoms with van der Waals surface area (Å²) in [6, 6.07) is 10.2. The van der Waals surface area contributed by atoms with Crippen molar-refractivity contribution in [1.29, 1.82) is 0 Å². The minimum Gasteiger partial charge on any atom is -0.334 e. The molecule has 0 radical (unpaired) electrons. The highest BCUT2D eigenvalue weighted by Crippen LogP contribution is 2.27. The zero-order chi connectivity index (χ0) is 17.8. The monoisotopic (exact) mass is 368 g/mol. The Hall–Kier alpha value is -1.92. The number of hydrogen-bond acceptors (Lipinski definition) is 5. The zero-order valence-corrected chi connectivity index (χ0v) is 15.7. The van der Waals surface area contributed by atoms with Crippen LogP contribution in [0.1, 0.15) is 36.0 Å². The summed E-state index contributed by atoms with van der Waals surface area (Å²) < 4.78 is 0. The summed E-state index contributed by atoms with van der Waals surface area (Å²) in [6.07, 6.45) is 8.13. The molecule has 0 saturated carbocycles. The van der Waals surface area contributed by atoms with Crippen LogP contribution in [0.15, 0.2) is 52.8 Å². The van der Waals surface area contributed by atoms with Gasteiger partial charge in [-0.05, 0) is 69.1 Å². The van der Waals surface area contributed by atoms with Gasteiger partial charge in [0.1, 0.15) is 11.4 Å². The van der Waals surface area contributed by atoms with E-state index in [0.29, 0.717) is 6.04 Å². The third-order valence-electron chi connectivity index (χ3n) is 5.18. The molecule has 5 nitrogen and oxygen atoms in total. The standard InChI is InChI=1S/C20H24N4OS/c25-20(24-13-3-4-17(24)14-23-11-1-2-12-23)16-5-7-18(8-6-16)26-19-9-10-21-15-22-19/h5-10,15,17H,1-4,11-14H2/t17-/m0/s1. The number of aromatic nitrogens is 2. The average molecular weight is 369 g/mol. The molecule has 2 aliphatic rings. The highest BCUT2D eigenvalue weighted by Gasteiger charge is 2.31. The van der Waals surface area contributed by atoms with E-state index in [1.165, 1.54) is 25.9 Å². The molecule has 1 atom stereocenters. The maximum atomic E-state index is 13.0. The van der Waals surface area contributed by atoms with E-state index in [2.05, 4.69) is 19.8 Å². The first-order valence-electron chi connectivity index (χ1n) is 9.37. The minimum atomic E-state index is 0.172. The number of amides is 1. The molecule has 2 fully saturated rings. The van der Waals surface area contributed by atoms with E-state index in [9.17, 15) is 4.79 Å². The van der Waals surface area contributed by atoms with Gasteiger partial charge in [-0.25, -0.2) is 9.97 Å². The lowest BCUT2D eigenvalue weighted by atomic mass is 10.1. The van der Waals surface area contributed by atoms with Gasteiger partial charge < -0.3 is 9.80 Å². The number of carbonyl (C=O) groups is 1. The number of benzene rings is 1. The first-order chi connectivity index (χ1) is 12.8. The van der Waals surface area contributed by atoms with Crippen LogP contribution in [0.25, 0.3) is 0 Å². The van der Waals surface area contributed by atoms with Crippen LogP contribution in [0.2, 0.25) is 0 Å². The predicted molar refractivity (Wildman–Crippen MR) is 102 cm³/mol. The van der Waals surface area contributed by atoms with E-state index in [4.69, 9.17) is 0 Å². The van der Waals surface area contributed by atoms with Gasteiger partial charge in [-0.3, -0.25) is 4.79 Å². The zero-order valence-electron chi connectivity index (χ0n) is 14.9. The molecule has 0 bridgehead atoms. The Morgan fingerprint density at radius 2 is 1.88 bits per heavy atom. The molecule has 26 heavy (non-hydrogen) atoms. The molecule has 1 amide bonds. The van der Waals surface area contributed by atoms with Crippen molar-refractivity contribution in [3.05, 3.63) is 48.4 Å². The molecule has 2 saturated heterocycles. The fourth-order valence-electron chi connectivity index (χ4n) is 3.85. The van der Waals surface area contributed by atoms with Crippen LogP contribution in [0, 0.1) is 0 Å². The van der Waals surface area contributed by atoms with Crippen molar-refractivity contribution < 1.29 is 4.79 Å². The van der Waals surface area contributed by atoms with Gasteiger partial charge in [-0.1, -0.05) is 11.8 Å². The Kier molecular flexibility index (Phi) is 5.51. The van der Waals surface area contributed by atoms with Crippen molar-refractivity contribution in [2.75, 3.05) is 26.2 Å². The largest absolute Gasteiger partial charge is 0.334 e. The van der Waals surface area contributed by atoms with Crippen LogP contribution in [0.4, 0.5) is 0 Å². The molecule has 1 aromatic carbocycles. The van der Waals surface area contributed by atoms with E-state index in [1.54, 1.807) is 24.3 Å². The molecule has 4 rings (SSSR count). The number of nitrogens with zero attached hydrogens (tertiary/aromatic N) is 4. The lowest BCUT2D eigenvalue weighted by Gasteiger charge is -2.28. The molecule has 3 heterocycles. The normalized spacial score (nSPS) is 20.6. The summed E-state index contributed by atoms with van der Waals surface area (Å²) in [5, 5.41) is 0.907. The molecule has 0 spiro atoms. The SMILES string of the molecule is O=C(c1ccc(Sc2ccncn2)cc1)N1CCC[C@H]1CN1CCCC1. The van der Waals surface area contributed by atoms with Gasteiger partial charge in [-0.2, -0.15) is 0 Å². The van der Waals surface area contributed by atoms with E-state index in [0.717, 1.165) is 41.4 Å². The smallest absolute Gasteiger partial charge is 0.254 e. The molecule has 2 aliphatic heterocycles. The summed E-state index contributed by atoms with van der Waals surface area (Å²) in [5.74, 6) is 0.172. The molecule has 0 N–H and O–H groups in total. The quantitative estimate of drug-likeness (QED) is 0.758. The maximum absolute atomic E-state index is 13.0. The first-order valence-corrected chi connectivity index (χ1v) is 10.2. The highest BCUT2D eigenvalue weighted by atomic mass is 32.2. The van der Waals surface area contributed by atoms with Gasteiger partial charge >= 0.3 is 0 Å². The second kappa shape index (κ2) is 8.18. The lowest BCUT2D eigenvalue weighted by molar-refractivity contribution is 0.0708. The maximum Gasteiger partial charge on any atom is 0.254 e. The van der Waals surface area contributed by atoms with Crippen molar-refractivity contribution in [2.24, 2.45) is 0 Å².